The summed E-state index contributed by atoms with van der Waals surface area (Å²) in [5.41, 5.74) is 6.48. The molecular weight excluding hydrogens is 264 g/mol. The van der Waals surface area contributed by atoms with Gasteiger partial charge in [-0.2, -0.15) is 0 Å². The molecule has 1 atom stereocenters. The van der Waals surface area contributed by atoms with E-state index in [9.17, 15) is 4.79 Å². The van der Waals surface area contributed by atoms with Gasteiger partial charge in [0.05, 0.1) is 12.6 Å². The zero-order chi connectivity index (χ0) is 13.5. The molecule has 0 aliphatic heterocycles. The number of hydrogen-bond acceptors (Lipinski definition) is 3. The van der Waals surface area contributed by atoms with E-state index in [0.29, 0.717) is 19.1 Å². The Hall–Kier alpha value is -1.26. The molecule has 5 heteroatoms. The van der Waals surface area contributed by atoms with Crippen molar-refractivity contribution in [2.45, 2.75) is 33.4 Å². The van der Waals surface area contributed by atoms with Gasteiger partial charge < -0.3 is 15.8 Å². The summed E-state index contributed by atoms with van der Waals surface area (Å²) in [4.78, 5) is 11.3. The maximum Gasteiger partial charge on any atom is 0.236 e. The molecule has 0 saturated heterocycles. The Kier molecular flexibility index (Phi) is 8.19. The van der Waals surface area contributed by atoms with E-state index in [-0.39, 0.29) is 18.3 Å². The lowest BCUT2D eigenvalue weighted by atomic mass is 10.2. The van der Waals surface area contributed by atoms with Crippen LogP contribution in [-0.4, -0.2) is 18.6 Å². The second-order valence-electron chi connectivity index (χ2n) is 4.86. The highest BCUT2D eigenvalue weighted by Crippen LogP contribution is 2.14. The van der Waals surface area contributed by atoms with E-state index in [1.54, 1.807) is 6.92 Å². The number of carbonyl (C=O) groups is 1. The number of amides is 1. The molecule has 3 N–H and O–H groups in total. The smallest absolute Gasteiger partial charge is 0.236 e. The predicted molar refractivity (Wildman–Crippen MR) is 79.5 cm³/mol. The van der Waals surface area contributed by atoms with Crippen molar-refractivity contribution in [1.82, 2.24) is 5.32 Å². The molecule has 0 fully saturated rings. The Balaban J connectivity index is 0.00000324. The van der Waals surface area contributed by atoms with Gasteiger partial charge in [0.2, 0.25) is 5.91 Å². The molecule has 19 heavy (non-hydrogen) atoms. The fourth-order valence-corrected chi connectivity index (χ4v) is 1.36. The molecule has 1 aromatic carbocycles. The van der Waals surface area contributed by atoms with Crippen molar-refractivity contribution in [2.24, 2.45) is 11.7 Å². The average molecular weight is 287 g/mol. The van der Waals surface area contributed by atoms with Crippen LogP contribution in [0.5, 0.6) is 5.75 Å². The van der Waals surface area contributed by atoms with Gasteiger partial charge in [0.15, 0.2) is 0 Å². The van der Waals surface area contributed by atoms with Gasteiger partial charge in [-0.1, -0.05) is 26.0 Å². The maximum absolute atomic E-state index is 11.3. The van der Waals surface area contributed by atoms with E-state index < -0.39 is 6.04 Å². The van der Waals surface area contributed by atoms with Crippen LogP contribution in [0.25, 0.3) is 0 Å². The summed E-state index contributed by atoms with van der Waals surface area (Å²) in [5, 5.41) is 2.77. The first-order valence-corrected chi connectivity index (χ1v) is 6.24. The Bertz CT molecular complexity index is 395. The summed E-state index contributed by atoms with van der Waals surface area (Å²) >= 11 is 0. The van der Waals surface area contributed by atoms with Crippen molar-refractivity contribution in [3.8, 4) is 5.75 Å². The molecule has 0 unspecified atom stereocenters. The van der Waals surface area contributed by atoms with E-state index in [1.807, 2.05) is 24.3 Å². The molecule has 0 saturated carbocycles. The number of carbonyl (C=O) groups excluding carboxylic acids is 1. The molecule has 1 rings (SSSR count). The third-order valence-electron chi connectivity index (χ3n) is 2.36. The molecule has 1 amide bonds. The van der Waals surface area contributed by atoms with Gasteiger partial charge in [-0.05, 0) is 30.5 Å². The zero-order valence-corrected chi connectivity index (χ0v) is 12.5. The fraction of sp³-hybridized carbons (Fsp3) is 0.500. The second-order valence-corrected chi connectivity index (χ2v) is 4.86. The van der Waals surface area contributed by atoms with Gasteiger partial charge in [-0.3, -0.25) is 4.79 Å². The lowest BCUT2D eigenvalue weighted by molar-refractivity contribution is -0.122. The summed E-state index contributed by atoms with van der Waals surface area (Å²) in [5.74, 6) is 1.17. The van der Waals surface area contributed by atoms with Crippen molar-refractivity contribution in [3.05, 3.63) is 29.8 Å². The molecule has 108 valence electrons. The van der Waals surface area contributed by atoms with E-state index in [2.05, 4.69) is 19.2 Å². The zero-order valence-electron chi connectivity index (χ0n) is 11.7. The quantitative estimate of drug-likeness (QED) is 0.842. The second kappa shape index (κ2) is 8.77. The topological polar surface area (TPSA) is 64.3 Å². The van der Waals surface area contributed by atoms with Gasteiger partial charge in [0.1, 0.15) is 5.75 Å². The largest absolute Gasteiger partial charge is 0.493 e. The number of hydrogen-bond donors (Lipinski definition) is 2. The van der Waals surface area contributed by atoms with Gasteiger partial charge in [0.25, 0.3) is 0 Å². The van der Waals surface area contributed by atoms with Crippen molar-refractivity contribution in [1.29, 1.82) is 0 Å². The van der Waals surface area contributed by atoms with Crippen LogP contribution in [0.1, 0.15) is 26.3 Å². The summed E-state index contributed by atoms with van der Waals surface area (Å²) in [6.45, 7) is 7.03. The van der Waals surface area contributed by atoms with Crippen LogP contribution in [0.15, 0.2) is 24.3 Å². The standard InChI is InChI=1S/C14H22N2O2.ClH/c1-10(2)9-18-13-6-4-5-12(7-13)8-16-14(17)11(3)15;/h4-7,10-11H,8-9,15H2,1-3H3,(H,16,17);1H/t11-;/m0./s1. The monoisotopic (exact) mass is 286 g/mol. The molecule has 1 aromatic rings. The van der Waals surface area contributed by atoms with E-state index in [4.69, 9.17) is 10.5 Å². The summed E-state index contributed by atoms with van der Waals surface area (Å²) in [7, 11) is 0. The van der Waals surface area contributed by atoms with Crippen molar-refractivity contribution < 1.29 is 9.53 Å². The number of halogens is 1. The van der Waals surface area contributed by atoms with Crippen LogP contribution >= 0.6 is 12.4 Å². The lowest BCUT2D eigenvalue weighted by Crippen LogP contribution is -2.37. The predicted octanol–water partition coefficient (Wildman–Crippen LogP) is 2.11. The van der Waals surface area contributed by atoms with E-state index in [0.717, 1.165) is 11.3 Å². The first kappa shape index (κ1) is 17.7. The Labute approximate surface area is 121 Å². The minimum atomic E-state index is -0.481. The SMILES string of the molecule is CC(C)COc1cccc(CNC(=O)[C@H](C)N)c1.Cl. The Morgan fingerprint density at radius 1 is 1.37 bits per heavy atom. The maximum atomic E-state index is 11.3. The lowest BCUT2D eigenvalue weighted by Gasteiger charge is -2.11. The molecular formula is C14H23ClN2O2. The molecule has 0 spiro atoms. The summed E-state index contributed by atoms with van der Waals surface area (Å²) in [6.07, 6.45) is 0. The molecule has 0 aliphatic rings. The van der Waals surface area contributed by atoms with Crippen molar-refractivity contribution >= 4 is 18.3 Å². The van der Waals surface area contributed by atoms with Gasteiger partial charge in [-0.25, -0.2) is 0 Å². The molecule has 0 aromatic heterocycles. The van der Waals surface area contributed by atoms with Crippen molar-refractivity contribution in [3.63, 3.8) is 0 Å². The fourth-order valence-electron chi connectivity index (χ4n) is 1.36. The highest BCUT2D eigenvalue weighted by molar-refractivity contribution is 5.85. The number of benzene rings is 1. The first-order valence-electron chi connectivity index (χ1n) is 6.24. The van der Waals surface area contributed by atoms with Crippen LogP contribution in [0.2, 0.25) is 0 Å². The molecule has 4 nitrogen and oxygen atoms in total. The Morgan fingerprint density at radius 2 is 2.05 bits per heavy atom. The van der Waals surface area contributed by atoms with E-state index >= 15 is 0 Å². The van der Waals surface area contributed by atoms with Gasteiger partial charge >= 0.3 is 0 Å². The Morgan fingerprint density at radius 3 is 2.63 bits per heavy atom. The highest BCUT2D eigenvalue weighted by atomic mass is 35.5. The average Bonchev–Trinajstić information content (AvgIpc) is 2.33. The van der Waals surface area contributed by atoms with Crippen molar-refractivity contribution in [2.75, 3.05) is 6.61 Å². The van der Waals surface area contributed by atoms with Gasteiger partial charge in [-0.15, -0.1) is 12.4 Å². The number of rotatable bonds is 6. The molecule has 0 aliphatic carbocycles. The minimum absolute atomic E-state index is 0. The van der Waals surface area contributed by atoms with Gasteiger partial charge in [0, 0.05) is 6.54 Å². The van der Waals surface area contributed by atoms with E-state index in [1.165, 1.54) is 0 Å². The van der Waals surface area contributed by atoms with Crippen LogP contribution in [-0.2, 0) is 11.3 Å². The third kappa shape index (κ3) is 7.03. The first-order chi connectivity index (χ1) is 8.49. The van der Waals surface area contributed by atoms with Crippen LogP contribution in [0.3, 0.4) is 0 Å². The molecule has 0 bridgehead atoms. The number of nitrogens with one attached hydrogen (secondary N) is 1. The minimum Gasteiger partial charge on any atom is -0.493 e. The molecule has 0 heterocycles. The highest BCUT2D eigenvalue weighted by Gasteiger charge is 2.06. The summed E-state index contributed by atoms with van der Waals surface area (Å²) in [6, 6.07) is 7.24. The van der Waals surface area contributed by atoms with Crippen LogP contribution in [0.4, 0.5) is 0 Å². The molecule has 0 radical (unpaired) electrons. The number of ether oxygens (including phenoxy) is 1. The van der Waals surface area contributed by atoms with Crippen LogP contribution < -0.4 is 15.8 Å². The normalized spacial score (nSPS) is 11.6. The summed E-state index contributed by atoms with van der Waals surface area (Å²) < 4.78 is 5.62. The van der Waals surface area contributed by atoms with Crippen LogP contribution in [0, 0.1) is 5.92 Å². The number of nitrogens with two attached hydrogens (primary N) is 1. The third-order valence-corrected chi connectivity index (χ3v) is 2.36.